The average Bonchev–Trinajstić information content (AvgIpc) is 2.36. The first kappa shape index (κ1) is 18.0. The van der Waals surface area contributed by atoms with Gasteiger partial charge in [-0.25, -0.2) is 4.79 Å². The second-order valence-electron chi connectivity index (χ2n) is 6.67. The molecule has 1 aromatic rings. The van der Waals surface area contributed by atoms with Crippen LogP contribution in [0.2, 0.25) is 0 Å². The summed E-state index contributed by atoms with van der Waals surface area (Å²) < 4.78 is 5.21. The number of benzene rings is 1. The maximum Gasteiger partial charge on any atom is 0.408 e. The summed E-state index contributed by atoms with van der Waals surface area (Å²) in [6, 6.07) is 6.85. The van der Waals surface area contributed by atoms with Crippen LogP contribution in [0, 0.1) is 12.8 Å². The largest absolute Gasteiger partial charge is 0.444 e. The molecular weight excluding hydrogens is 280 g/mol. The highest BCUT2D eigenvalue weighted by Gasteiger charge is 2.27. The Bertz CT molecular complexity index is 533. The molecule has 22 heavy (non-hydrogen) atoms. The minimum absolute atomic E-state index is 0.0588. The number of hydrogen-bond acceptors (Lipinski definition) is 3. The Kier molecular flexibility index (Phi) is 5.97. The van der Waals surface area contributed by atoms with Gasteiger partial charge in [-0.15, -0.1) is 0 Å². The molecule has 0 aliphatic carbocycles. The molecule has 0 radical (unpaired) electrons. The van der Waals surface area contributed by atoms with Crippen LogP contribution in [0.25, 0.3) is 0 Å². The predicted molar refractivity (Wildman–Crippen MR) is 87.8 cm³/mol. The number of carbonyl (C=O) groups excluding carboxylic acids is 2. The topological polar surface area (TPSA) is 67.4 Å². The highest BCUT2D eigenvalue weighted by Crippen LogP contribution is 2.15. The van der Waals surface area contributed by atoms with E-state index >= 15 is 0 Å². The molecule has 2 N–H and O–H groups in total. The summed E-state index contributed by atoms with van der Waals surface area (Å²) in [6.45, 7) is 11.0. The van der Waals surface area contributed by atoms with Gasteiger partial charge in [0.25, 0.3) is 0 Å². The maximum atomic E-state index is 12.4. The lowest BCUT2D eigenvalue weighted by Crippen LogP contribution is -2.48. The fraction of sp³-hybridized carbons (Fsp3) is 0.529. The summed E-state index contributed by atoms with van der Waals surface area (Å²) in [4.78, 5) is 24.3. The molecule has 0 aromatic heterocycles. The summed E-state index contributed by atoms with van der Waals surface area (Å²) in [5.41, 5.74) is 1.11. The molecule has 0 saturated carbocycles. The summed E-state index contributed by atoms with van der Waals surface area (Å²) in [5.74, 6) is -0.313. The van der Waals surface area contributed by atoms with Crippen LogP contribution in [0.15, 0.2) is 24.3 Å². The molecule has 0 unspecified atom stereocenters. The standard InChI is InChI=1S/C17H26N2O3/c1-11(2)14(19-16(21)22-17(4,5)6)15(20)18-13-10-8-7-9-12(13)3/h7-11,14H,1-6H3,(H,18,20)(H,19,21)/t14-/m1/s1. The fourth-order valence-electron chi connectivity index (χ4n) is 1.89. The molecule has 1 aromatic carbocycles. The molecule has 0 aliphatic heterocycles. The molecule has 0 saturated heterocycles. The van der Waals surface area contributed by atoms with Crippen molar-refractivity contribution in [2.45, 2.75) is 53.2 Å². The first-order valence-corrected chi connectivity index (χ1v) is 7.46. The lowest BCUT2D eigenvalue weighted by atomic mass is 10.0. The van der Waals surface area contributed by atoms with Crippen molar-refractivity contribution in [3.63, 3.8) is 0 Å². The third kappa shape index (κ3) is 5.76. The number of rotatable bonds is 4. The number of para-hydroxylation sites is 1. The van der Waals surface area contributed by atoms with E-state index in [-0.39, 0.29) is 11.8 Å². The van der Waals surface area contributed by atoms with Gasteiger partial charge in [-0.1, -0.05) is 32.0 Å². The quantitative estimate of drug-likeness (QED) is 0.895. The predicted octanol–water partition coefficient (Wildman–Crippen LogP) is 3.48. The molecule has 0 aliphatic rings. The number of amides is 2. The van der Waals surface area contributed by atoms with Crippen LogP contribution in [0.3, 0.4) is 0 Å². The molecule has 0 bridgehead atoms. The van der Waals surface area contributed by atoms with Gasteiger partial charge in [0, 0.05) is 5.69 Å². The Balaban J connectivity index is 2.77. The Morgan fingerprint density at radius 2 is 1.73 bits per heavy atom. The molecule has 1 rings (SSSR count). The number of hydrogen-bond donors (Lipinski definition) is 2. The van der Waals surface area contributed by atoms with Crippen LogP contribution < -0.4 is 10.6 Å². The average molecular weight is 306 g/mol. The number of nitrogens with one attached hydrogen (secondary N) is 2. The zero-order valence-corrected chi connectivity index (χ0v) is 14.2. The van der Waals surface area contributed by atoms with Gasteiger partial charge in [0.05, 0.1) is 0 Å². The first-order valence-electron chi connectivity index (χ1n) is 7.46. The Hall–Kier alpha value is -2.04. The molecule has 1 atom stereocenters. The van der Waals surface area contributed by atoms with Gasteiger partial charge in [-0.05, 0) is 45.2 Å². The number of ether oxygens (including phenoxy) is 1. The van der Waals surface area contributed by atoms with Crippen molar-refractivity contribution in [3.8, 4) is 0 Å². The molecule has 5 nitrogen and oxygen atoms in total. The normalized spacial score (nSPS) is 12.7. The van der Waals surface area contributed by atoms with Gasteiger partial charge in [0.2, 0.25) is 5.91 Å². The second-order valence-corrected chi connectivity index (χ2v) is 6.67. The lowest BCUT2D eigenvalue weighted by Gasteiger charge is -2.25. The van der Waals surface area contributed by atoms with Crippen LogP contribution in [-0.2, 0) is 9.53 Å². The smallest absolute Gasteiger partial charge is 0.408 e. The van der Waals surface area contributed by atoms with Crippen molar-refractivity contribution in [2.75, 3.05) is 5.32 Å². The molecule has 2 amide bonds. The van der Waals surface area contributed by atoms with Gasteiger partial charge in [0.15, 0.2) is 0 Å². The monoisotopic (exact) mass is 306 g/mol. The van der Waals surface area contributed by atoms with E-state index in [0.717, 1.165) is 11.3 Å². The van der Waals surface area contributed by atoms with E-state index in [2.05, 4.69) is 10.6 Å². The van der Waals surface area contributed by atoms with Gasteiger partial charge in [0.1, 0.15) is 11.6 Å². The van der Waals surface area contributed by atoms with Crippen LogP contribution in [0.4, 0.5) is 10.5 Å². The fourth-order valence-corrected chi connectivity index (χ4v) is 1.89. The zero-order valence-electron chi connectivity index (χ0n) is 14.2. The third-order valence-electron chi connectivity index (χ3n) is 3.02. The highest BCUT2D eigenvalue weighted by atomic mass is 16.6. The van der Waals surface area contributed by atoms with E-state index in [0.29, 0.717) is 0 Å². The molecular formula is C17H26N2O3. The minimum atomic E-state index is -0.658. The molecule has 122 valence electrons. The highest BCUT2D eigenvalue weighted by molar-refractivity contribution is 5.97. The molecule has 5 heteroatoms. The van der Waals surface area contributed by atoms with Gasteiger partial charge in [-0.3, -0.25) is 4.79 Å². The number of anilines is 1. The SMILES string of the molecule is Cc1ccccc1NC(=O)[C@H](NC(=O)OC(C)(C)C)C(C)C. The Morgan fingerprint density at radius 3 is 2.23 bits per heavy atom. The van der Waals surface area contributed by atoms with Crippen molar-refractivity contribution in [2.24, 2.45) is 5.92 Å². The zero-order chi connectivity index (χ0) is 16.9. The molecule has 0 heterocycles. The van der Waals surface area contributed by atoms with E-state index in [4.69, 9.17) is 4.74 Å². The number of aryl methyl sites for hydroxylation is 1. The van der Waals surface area contributed by atoms with Gasteiger partial charge >= 0.3 is 6.09 Å². The Morgan fingerprint density at radius 1 is 1.14 bits per heavy atom. The van der Waals surface area contributed by atoms with E-state index in [1.54, 1.807) is 20.8 Å². The van der Waals surface area contributed by atoms with Crippen molar-refractivity contribution >= 4 is 17.7 Å². The van der Waals surface area contributed by atoms with Crippen molar-refractivity contribution in [1.82, 2.24) is 5.32 Å². The van der Waals surface area contributed by atoms with Gasteiger partial charge in [-0.2, -0.15) is 0 Å². The van der Waals surface area contributed by atoms with Crippen molar-refractivity contribution in [1.29, 1.82) is 0 Å². The molecule has 0 spiro atoms. The lowest BCUT2D eigenvalue weighted by molar-refractivity contribution is -0.119. The van der Waals surface area contributed by atoms with E-state index < -0.39 is 17.7 Å². The van der Waals surface area contributed by atoms with Crippen molar-refractivity contribution < 1.29 is 14.3 Å². The van der Waals surface area contributed by atoms with Gasteiger partial charge < -0.3 is 15.4 Å². The van der Waals surface area contributed by atoms with Crippen LogP contribution >= 0.6 is 0 Å². The Labute approximate surface area is 132 Å². The minimum Gasteiger partial charge on any atom is -0.444 e. The van der Waals surface area contributed by atoms with E-state index in [9.17, 15) is 9.59 Å². The number of alkyl carbamates (subject to hydrolysis) is 1. The summed E-state index contributed by atoms with van der Waals surface area (Å²) in [6.07, 6.45) is -0.592. The summed E-state index contributed by atoms with van der Waals surface area (Å²) in [7, 11) is 0. The van der Waals surface area contributed by atoms with Crippen LogP contribution in [0.1, 0.15) is 40.2 Å². The maximum absolute atomic E-state index is 12.4. The summed E-state index contributed by atoms with van der Waals surface area (Å²) in [5, 5.41) is 5.49. The third-order valence-corrected chi connectivity index (χ3v) is 3.02. The summed E-state index contributed by atoms with van der Waals surface area (Å²) >= 11 is 0. The van der Waals surface area contributed by atoms with Crippen molar-refractivity contribution in [3.05, 3.63) is 29.8 Å². The first-order chi connectivity index (χ1) is 10.1. The molecule has 0 fully saturated rings. The second kappa shape index (κ2) is 7.29. The van der Waals surface area contributed by atoms with E-state index in [1.165, 1.54) is 0 Å². The number of carbonyl (C=O) groups is 2. The van der Waals surface area contributed by atoms with Crippen LogP contribution in [-0.4, -0.2) is 23.6 Å². The van der Waals surface area contributed by atoms with E-state index in [1.807, 2.05) is 45.0 Å². The van der Waals surface area contributed by atoms with Crippen LogP contribution in [0.5, 0.6) is 0 Å².